The lowest BCUT2D eigenvalue weighted by molar-refractivity contribution is -0.126. The molecule has 0 aromatic heterocycles. The van der Waals surface area contributed by atoms with Gasteiger partial charge in [-0.1, -0.05) is 48.0 Å². The van der Waals surface area contributed by atoms with Crippen LogP contribution in [0, 0.1) is 13.8 Å². The highest BCUT2D eigenvalue weighted by Gasteiger charge is 2.11. The highest BCUT2D eigenvalue weighted by Crippen LogP contribution is 2.26. The number of carbonyl (C=O) groups is 2. The van der Waals surface area contributed by atoms with Gasteiger partial charge in [-0.15, -0.1) is 0 Å². The van der Waals surface area contributed by atoms with Gasteiger partial charge in [0.15, 0.2) is 0 Å². The molecule has 148 valence electrons. The first-order valence-corrected chi connectivity index (χ1v) is 9.22. The molecule has 6 heteroatoms. The number of amides is 2. The maximum absolute atomic E-state index is 12.1. The molecule has 0 fully saturated rings. The zero-order chi connectivity index (χ0) is 20.8. The number of carbonyl (C=O) groups excluding carboxylic acids is 2. The lowest BCUT2D eigenvalue weighted by Crippen LogP contribution is -2.24. The van der Waals surface area contributed by atoms with Gasteiger partial charge in [-0.05, 0) is 42.3 Å². The summed E-state index contributed by atoms with van der Waals surface area (Å²) >= 11 is 0. The molecule has 0 bridgehead atoms. The first-order valence-electron chi connectivity index (χ1n) is 9.22. The van der Waals surface area contributed by atoms with Crippen molar-refractivity contribution in [3.05, 3.63) is 71.3 Å². The van der Waals surface area contributed by atoms with E-state index in [1.165, 1.54) is 6.21 Å². The molecule has 0 heterocycles. The third-order valence-electron chi connectivity index (χ3n) is 4.51. The summed E-state index contributed by atoms with van der Waals surface area (Å²) in [6.45, 7) is 3.89. The molecule has 3 rings (SSSR count). The molecule has 0 atom stereocenters. The normalized spacial score (nSPS) is 10.9. The molecule has 0 aliphatic heterocycles. The van der Waals surface area contributed by atoms with Gasteiger partial charge >= 0.3 is 0 Å². The minimum absolute atomic E-state index is 0.322. The molecule has 3 aromatic carbocycles. The van der Waals surface area contributed by atoms with Crippen molar-refractivity contribution in [1.29, 1.82) is 0 Å². The predicted molar refractivity (Wildman–Crippen MR) is 115 cm³/mol. The van der Waals surface area contributed by atoms with Crippen LogP contribution in [0.2, 0.25) is 0 Å². The van der Waals surface area contributed by atoms with Crippen molar-refractivity contribution >= 4 is 34.5 Å². The SMILES string of the molecule is COc1ccc2ccccc2c1C=NNC(=O)CC(=O)Nc1ccc(C)cc1C. The first kappa shape index (κ1) is 20.1. The second-order valence-corrected chi connectivity index (χ2v) is 6.74. The Hall–Kier alpha value is -3.67. The van der Waals surface area contributed by atoms with Crippen LogP contribution in [-0.2, 0) is 9.59 Å². The van der Waals surface area contributed by atoms with Crippen LogP contribution in [0.3, 0.4) is 0 Å². The molecule has 0 saturated heterocycles. The van der Waals surface area contributed by atoms with E-state index in [2.05, 4.69) is 15.8 Å². The fraction of sp³-hybridized carbons (Fsp3) is 0.174. The Bertz CT molecular complexity index is 1090. The number of hydrogen-bond acceptors (Lipinski definition) is 4. The molecule has 0 aliphatic carbocycles. The molecule has 29 heavy (non-hydrogen) atoms. The fourth-order valence-electron chi connectivity index (χ4n) is 3.09. The second kappa shape index (κ2) is 9.01. The average Bonchev–Trinajstić information content (AvgIpc) is 2.70. The molecule has 0 aliphatic rings. The van der Waals surface area contributed by atoms with Gasteiger partial charge in [0.2, 0.25) is 11.8 Å². The zero-order valence-electron chi connectivity index (χ0n) is 16.7. The summed E-state index contributed by atoms with van der Waals surface area (Å²) in [6.07, 6.45) is 1.21. The third-order valence-corrected chi connectivity index (χ3v) is 4.51. The Balaban J connectivity index is 1.64. The van der Waals surface area contributed by atoms with Crippen molar-refractivity contribution in [2.45, 2.75) is 20.3 Å². The van der Waals surface area contributed by atoms with Crippen molar-refractivity contribution < 1.29 is 14.3 Å². The highest BCUT2D eigenvalue weighted by atomic mass is 16.5. The minimum Gasteiger partial charge on any atom is -0.496 e. The Morgan fingerprint density at radius 1 is 1.03 bits per heavy atom. The summed E-state index contributed by atoms with van der Waals surface area (Å²) in [6, 6.07) is 17.3. The second-order valence-electron chi connectivity index (χ2n) is 6.74. The maximum Gasteiger partial charge on any atom is 0.249 e. The molecule has 0 spiro atoms. The summed E-state index contributed by atoms with van der Waals surface area (Å²) < 4.78 is 5.39. The third kappa shape index (κ3) is 4.99. The molecular weight excluding hydrogens is 366 g/mol. The Kier molecular flexibility index (Phi) is 6.24. The number of rotatable bonds is 6. The van der Waals surface area contributed by atoms with Crippen LogP contribution in [0.25, 0.3) is 10.8 Å². The molecule has 6 nitrogen and oxygen atoms in total. The number of aryl methyl sites for hydroxylation is 2. The predicted octanol–water partition coefficient (Wildman–Crippen LogP) is 3.94. The summed E-state index contributed by atoms with van der Waals surface area (Å²) in [5, 5.41) is 8.74. The molecule has 3 aromatic rings. The highest BCUT2D eigenvalue weighted by molar-refractivity contribution is 6.05. The van der Waals surface area contributed by atoms with E-state index in [4.69, 9.17) is 4.74 Å². The number of benzene rings is 3. The number of hydrogen-bond donors (Lipinski definition) is 2. The van der Waals surface area contributed by atoms with Gasteiger partial charge in [0.25, 0.3) is 0 Å². The number of ether oxygens (including phenoxy) is 1. The van der Waals surface area contributed by atoms with Crippen molar-refractivity contribution in [3.63, 3.8) is 0 Å². The van der Waals surface area contributed by atoms with Gasteiger partial charge in [0.1, 0.15) is 12.2 Å². The minimum atomic E-state index is -0.497. The topological polar surface area (TPSA) is 79.8 Å². The van der Waals surface area contributed by atoms with Gasteiger partial charge in [-0.25, -0.2) is 5.43 Å². The Labute approximate surface area is 169 Å². The smallest absolute Gasteiger partial charge is 0.249 e. The fourth-order valence-corrected chi connectivity index (χ4v) is 3.09. The molecule has 0 unspecified atom stereocenters. The van der Waals surface area contributed by atoms with Crippen LogP contribution >= 0.6 is 0 Å². The van der Waals surface area contributed by atoms with Crippen LogP contribution in [0.15, 0.2) is 59.7 Å². The Morgan fingerprint density at radius 3 is 2.59 bits per heavy atom. The monoisotopic (exact) mass is 389 g/mol. The quantitative estimate of drug-likeness (QED) is 0.381. The Morgan fingerprint density at radius 2 is 1.83 bits per heavy atom. The number of anilines is 1. The molecule has 2 N–H and O–H groups in total. The van der Waals surface area contributed by atoms with E-state index in [0.717, 1.165) is 27.5 Å². The van der Waals surface area contributed by atoms with Crippen LogP contribution < -0.4 is 15.5 Å². The van der Waals surface area contributed by atoms with Gasteiger partial charge < -0.3 is 10.1 Å². The van der Waals surface area contributed by atoms with E-state index in [1.807, 2.05) is 68.4 Å². The summed E-state index contributed by atoms with van der Waals surface area (Å²) in [5.74, 6) is -0.246. The molecule has 2 amide bonds. The van der Waals surface area contributed by atoms with Crippen LogP contribution in [0.5, 0.6) is 5.75 Å². The van der Waals surface area contributed by atoms with Crippen LogP contribution in [0.1, 0.15) is 23.1 Å². The van der Waals surface area contributed by atoms with E-state index in [9.17, 15) is 9.59 Å². The van der Waals surface area contributed by atoms with Crippen molar-refractivity contribution in [2.75, 3.05) is 12.4 Å². The number of nitrogens with one attached hydrogen (secondary N) is 2. The number of methoxy groups -OCH3 is 1. The van der Waals surface area contributed by atoms with E-state index in [1.54, 1.807) is 7.11 Å². The maximum atomic E-state index is 12.1. The first-order chi connectivity index (χ1) is 14.0. The molecular formula is C23H23N3O3. The molecule has 0 saturated carbocycles. The number of fused-ring (bicyclic) bond motifs is 1. The van der Waals surface area contributed by atoms with E-state index in [-0.39, 0.29) is 6.42 Å². The molecule has 0 radical (unpaired) electrons. The van der Waals surface area contributed by atoms with Gasteiger partial charge in [0.05, 0.1) is 13.3 Å². The van der Waals surface area contributed by atoms with Gasteiger partial charge in [-0.2, -0.15) is 5.10 Å². The lowest BCUT2D eigenvalue weighted by Gasteiger charge is -2.09. The van der Waals surface area contributed by atoms with E-state index < -0.39 is 11.8 Å². The van der Waals surface area contributed by atoms with Gasteiger partial charge in [-0.3, -0.25) is 9.59 Å². The number of hydrazone groups is 1. The largest absolute Gasteiger partial charge is 0.496 e. The number of nitrogens with zero attached hydrogens (tertiary/aromatic N) is 1. The van der Waals surface area contributed by atoms with Crippen LogP contribution in [0.4, 0.5) is 5.69 Å². The summed E-state index contributed by atoms with van der Waals surface area (Å²) in [4.78, 5) is 24.2. The van der Waals surface area contributed by atoms with Crippen molar-refractivity contribution in [1.82, 2.24) is 5.43 Å². The van der Waals surface area contributed by atoms with Crippen molar-refractivity contribution in [2.24, 2.45) is 5.10 Å². The van der Waals surface area contributed by atoms with Crippen molar-refractivity contribution in [3.8, 4) is 5.75 Å². The lowest BCUT2D eigenvalue weighted by atomic mass is 10.0. The van der Waals surface area contributed by atoms with E-state index in [0.29, 0.717) is 11.4 Å². The zero-order valence-corrected chi connectivity index (χ0v) is 16.7. The summed E-state index contributed by atoms with van der Waals surface area (Å²) in [5.41, 5.74) is 5.90. The average molecular weight is 389 g/mol. The summed E-state index contributed by atoms with van der Waals surface area (Å²) in [7, 11) is 1.58. The van der Waals surface area contributed by atoms with Gasteiger partial charge in [0, 0.05) is 11.3 Å². The van der Waals surface area contributed by atoms with Crippen LogP contribution in [-0.4, -0.2) is 25.1 Å². The standard InChI is InChI=1S/C23H23N3O3/c1-15-8-10-20(16(2)12-15)25-22(27)13-23(28)26-24-14-19-18-7-5-4-6-17(18)9-11-21(19)29-3/h4-12,14H,13H2,1-3H3,(H,25,27)(H,26,28). The van der Waals surface area contributed by atoms with E-state index >= 15 is 0 Å².